The third kappa shape index (κ3) is 5.55. The summed E-state index contributed by atoms with van der Waals surface area (Å²) in [6.45, 7) is 1.63. The Morgan fingerprint density at radius 3 is 2.68 bits per heavy atom. The highest BCUT2D eigenvalue weighted by Gasteiger charge is 2.26. The van der Waals surface area contributed by atoms with E-state index in [0.29, 0.717) is 42.1 Å². The molecular weight excluding hydrogens is 456 g/mol. The lowest BCUT2D eigenvalue weighted by atomic mass is 10.2. The zero-order chi connectivity index (χ0) is 21.7. The highest BCUT2D eigenvalue weighted by atomic mass is 32.2. The lowest BCUT2D eigenvalue weighted by Crippen LogP contribution is -2.40. The highest BCUT2D eigenvalue weighted by molar-refractivity contribution is 8.00. The van der Waals surface area contributed by atoms with Crippen molar-refractivity contribution >= 4 is 43.9 Å². The summed E-state index contributed by atoms with van der Waals surface area (Å²) < 4.78 is 38.4. The third-order valence-corrected chi connectivity index (χ3v) is 8.55. The number of sulfonamides is 1. The van der Waals surface area contributed by atoms with Crippen LogP contribution in [0.15, 0.2) is 57.8 Å². The van der Waals surface area contributed by atoms with E-state index in [4.69, 9.17) is 9.47 Å². The second-order valence-electron chi connectivity index (χ2n) is 6.68. The molecule has 0 spiro atoms. The molecule has 0 bridgehead atoms. The third-order valence-electron chi connectivity index (χ3n) is 4.62. The number of nitrogens with zero attached hydrogens (tertiary/aromatic N) is 3. The van der Waals surface area contributed by atoms with E-state index in [0.717, 1.165) is 21.3 Å². The van der Waals surface area contributed by atoms with Gasteiger partial charge in [-0.25, -0.2) is 8.42 Å². The van der Waals surface area contributed by atoms with Crippen molar-refractivity contribution in [3.8, 4) is 5.75 Å². The maximum absolute atomic E-state index is 12.9. The number of aromatic nitrogens is 2. The predicted molar refractivity (Wildman–Crippen MR) is 122 cm³/mol. The van der Waals surface area contributed by atoms with Gasteiger partial charge in [0.25, 0.3) is 0 Å². The van der Waals surface area contributed by atoms with Crippen molar-refractivity contribution in [3.63, 3.8) is 0 Å². The molecule has 0 amide bonds. The average molecular weight is 479 g/mol. The zero-order valence-electron chi connectivity index (χ0n) is 16.9. The summed E-state index contributed by atoms with van der Waals surface area (Å²) in [5.41, 5.74) is 1.81. The Labute approximate surface area is 189 Å². The minimum atomic E-state index is -3.50. The van der Waals surface area contributed by atoms with Crippen molar-refractivity contribution in [2.45, 2.75) is 15.0 Å². The van der Waals surface area contributed by atoms with Gasteiger partial charge in [0.2, 0.25) is 15.2 Å². The van der Waals surface area contributed by atoms with Crippen molar-refractivity contribution in [1.29, 1.82) is 0 Å². The van der Waals surface area contributed by atoms with E-state index < -0.39 is 10.0 Å². The number of rotatable bonds is 8. The standard InChI is InChI=1S/C20H22N4O4S3/c1-27-17-7-5-16(6-8-17)21-19-22-23-20(30-19)29-14-15-3-2-4-18(13-15)31(25,26)24-9-11-28-12-10-24/h2-8,13H,9-12,14H2,1H3,(H,21,22). The quantitative estimate of drug-likeness (QED) is 0.491. The van der Waals surface area contributed by atoms with Crippen LogP contribution in [0.3, 0.4) is 0 Å². The minimum absolute atomic E-state index is 0.312. The average Bonchev–Trinajstić information content (AvgIpc) is 3.26. The molecule has 1 N–H and O–H groups in total. The van der Waals surface area contributed by atoms with Crippen LogP contribution in [0.25, 0.3) is 0 Å². The number of hydrogen-bond acceptors (Lipinski definition) is 9. The number of hydrogen-bond donors (Lipinski definition) is 1. The molecule has 1 aliphatic rings. The Hall–Kier alpha value is -2.18. The Morgan fingerprint density at radius 1 is 1.16 bits per heavy atom. The topological polar surface area (TPSA) is 93.7 Å². The molecule has 0 radical (unpaired) electrons. The van der Waals surface area contributed by atoms with E-state index in [1.165, 1.54) is 27.4 Å². The Morgan fingerprint density at radius 2 is 1.94 bits per heavy atom. The molecule has 8 nitrogen and oxygen atoms in total. The number of methoxy groups -OCH3 is 1. The van der Waals surface area contributed by atoms with Crippen molar-refractivity contribution in [1.82, 2.24) is 14.5 Å². The van der Waals surface area contributed by atoms with Crippen molar-refractivity contribution < 1.29 is 17.9 Å². The van der Waals surface area contributed by atoms with Crippen LogP contribution < -0.4 is 10.1 Å². The molecule has 11 heteroatoms. The molecule has 0 aliphatic carbocycles. The van der Waals surface area contributed by atoms with E-state index >= 15 is 0 Å². The summed E-state index contributed by atoms with van der Waals surface area (Å²) in [4.78, 5) is 0.312. The number of benzene rings is 2. The van der Waals surface area contributed by atoms with Crippen molar-refractivity contribution in [2.75, 3.05) is 38.7 Å². The van der Waals surface area contributed by atoms with Crippen LogP contribution in [0.2, 0.25) is 0 Å². The summed E-state index contributed by atoms with van der Waals surface area (Å²) in [6.07, 6.45) is 0. The molecule has 1 aromatic heterocycles. The molecule has 1 fully saturated rings. The number of thioether (sulfide) groups is 1. The van der Waals surface area contributed by atoms with Crippen LogP contribution >= 0.6 is 23.1 Å². The maximum Gasteiger partial charge on any atom is 0.243 e. The lowest BCUT2D eigenvalue weighted by Gasteiger charge is -2.26. The molecule has 1 aliphatic heterocycles. The van der Waals surface area contributed by atoms with Crippen LogP contribution in [0.1, 0.15) is 5.56 Å². The van der Waals surface area contributed by atoms with Gasteiger partial charge in [-0.15, -0.1) is 10.2 Å². The molecule has 0 unspecified atom stereocenters. The molecule has 0 atom stereocenters. The fraction of sp³-hybridized carbons (Fsp3) is 0.300. The monoisotopic (exact) mass is 478 g/mol. The van der Waals surface area contributed by atoms with Crippen LogP contribution in [0.5, 0.6) is 5.75 Å². The summed E-state index contributed by atoms with van der Waals surface area (Å²) in [7, 11) is -1.87. The fourth-order valence-electron chi connectivity index (χ4n) is 2.99. The minimum Gasteiger partial charge on any atom is -0.497 e. The number of nitrogens with one attached hydrogen (secondary N) is 1. The molecule has 1 saturated heterocycles. The molecule has 3 aromatic rings. The van der Waals surface area contributed by atoms with Gasteiger partial charge in [0.15, 0.2) is 4.34 Å². The van der Waals surface area contributed by atoms with E-state index in [2.05, 4.69) is 15.5 Å². The smallest absolute Gasteiger partial charge is 0.243 e. The van der Waals surface area contributed by atoms with Gasteiger partial charge < -0.3 is 14.8 Å². The van der Waals surface area contributed by atoms with E-state index in [1.54, 1.807) is 25.3 Å². The molecular formula is C20H22N4O4S3. The first-order valence-corrected chi connectivity index (χ1v) is 12.8. The first kappa shape index (κ1) is 22.0. The van der Waals surface area contributed by atoms with Crippen LogP contribution in [-0.2, 0) is 20.5 Å². The summed E-state index contributed by atoms with van der Waals surface area (Å²) in [5.74, 6) is 1.39. The summed E-state index contributed by atoms with van der Waals surface area (Å²) in [6, 6.07) is 14.6. The van der Waals surface area contributed by atoms with Crippen LogP contribution in [0, 0.1) is 0 Å². The molecule has 2 aromatic carbocycles. The second kappa shape index (κ2) is 9.96. The molecule has 0 saturated carbocycles. The Kier molecular flexibility index (Phi) is 7.08. The van der Waals surface area contributed by atoms with Gasteiger partial charge in [-0.2, -0.15) is 4.31 Å². The molecule has 31 heavy (non-hydrogen) atoms. The fourth-order valence-corrected chi connectivity index (χ4v) is 6.19. The highest BCUT2D eigenvalue weighted by Crippen LogP contribution is 2.31. The largest absolute Gasteiger partial charge is 0.497 e. The number of anilines is 2. The van der Waals surface area contributed by atoms with Gasteiger partial charge in [-0.1, -0.05) is 35.2 Å². The lowest BCUT2D eigenvalue weighted by molar-refractivity contribution is 0.0730. The van der Waals surface area contributed by atoms with Gasteiger partial charge in [-0.3, -0.25) is 0 Å². The van der Waals surface area contributed by atoms with Gasteiger partial charge in [-0.05, 0) is 42.0 Å². The molecule has 164 valence electrons. The SMILES string of the molecule is COc1ccc(Nc2nnc(SCc3cccc(S(=O)(=O)N4CCOCC4)c3)s2)cc1. The Balaban J connectivity index is 1.38. The molecule has 4 rings (SSSR count). The number of ether oxygens (including phenoxy) is 2. The van der Waals surface area contributed by atoms with E-state index in [9.17, 15) is 8.42 Å². The first-order chi connectivity index (χ1) is 15.0. The van der Waals surface area contributed by atoms with E-state index in [1.807, 2.05) is 30.3 Å². The van der Waals surface area contributed by atoms with Gasteiger partial charge in [0, 0.05) is 24.5 Å². The summed E-state index contributed by atoms with van der Waals surface area (Å²) >= 11 is 2.97. The van der Waals surface area contributed by atoms with Crippen molar-refractivity contribution in [3.05, 3.63) is 54.1 Å². The van der Waals surface area contributed by atoms with Gasteiger partial charge in [0.05, 0.1) is 25.2 Å². The zero-order valence-corrected chi connectivity index (χ0v) is 19.3. The Bertz CT molecular complexity index is 1110. The first-order valence-electron chi connectivity index (χ1n) is 9.59. The van der Waals surface area contributed by atoms with E-state index in [-0.39, 0.29) is 0 Å². The maximum atomic E-state index is 12.9. The van der Waals surface area contributed by atoms with Gasteiger partial charge >= 0.3 is 0 Å². The van der Waals surface area contributed by atoms with Gasteiger partial charge in [0.1, 0.15) is 5.75 Å². The number of morpholine rings is 1. The predicted octanol–water partition coefficient (Wildman–Crippen LogP) is 3.60. The van der Waals surface area contributed by atoms with Crippen molar-refractivity contribution in [2.24, 2.45) is 0 Å². The normalized spacial score (nSPS) is 15.0. The summed E-state index contributed by atoms with van der Waals surface area (Å²) in [5, 5.41) is 12.3. The second-order valence-corrected chi connectivity index (χ2v) is 10.8. The van der Waals surface area contributed by atoms with Crippen LogP contribution in [-0.4, -0.2) is 56.3 Å². The molecule has 2 heterocycles. The van der Waals surface area contributed by atoms with Crippen LogP contribution in [0.4, 0.5) is 10.8 Å².